The van der Waals surface area contributed by atoms with E-state index in [1.54, 1.807) is 7.11 Å². The number of anilines is 3. The molecular formula is C26H25NO2. The number of para-hydroxylation sites is 2. The number of nitrogens with zero attached hydrogens (tertiary/aromatic N) is 1. The molecule has 0 aliphatic carbocycles. The lowest BCUT2D eigenvalue weighted by atomic mass is 9.96. The molecule has 3 nitrogen and oxygen atoms in total. The lowest BCUT2D eigenvalue weighted by molar-refractivity contribution is 0.415. The maximum absolute atomic E-state index is 6.51. The first-order valence-corrected chi connectivity index (χ1v) is 10.2. The summed E-state index contributed by atoms with van der Waals surface area (Å²) in [5, 5.41) is 1.22. The molecule has 0 fully saturated rings. The van der Waals surface area contributed by atoms with Crippen LogP contribution in [-0.2, 0) is 12.8 Å². The predicted octanol–water partition coefficient (Wildman–Crippen LogP) is 7.02. The van der Waals surface area contributed by atoms with Gasteiger partial charge in [0.05, 0.1) is 18.5 Å². The maximum atomic E-state index is 6.51. The van der Waals surface area contributed by atoms with Crippen LogP contribution in [0.25, 0.3) is 11.0 Å². The number of benzene rings is 3. The van der Waals surface area contributed by atoms with Crippen LogP contribution in [0.3, 0.4) is 0 Å². The van der Waals surface area contributed by atoms with E-state index in [-0.39, 0.29) is 0 Å². The van der Waals surface area contributed by atoms with Gasteiger partial charge in [-0.2, -0.15) is 0 Å². The minimum Gasteiger partial charge on any atom is -0.495 e. The van der Waals surface area contributed by atoms with Crippen molar-refractivity contribution in [1.29, 1.82) is 0 Å². The third-order valence-electron chi connectivity index (χ3n) is 5.80. The number of aryl methyl sites for hydroxylation is 4. The van der Waals surface area contributed by atoms with Gasteiger partial charge in [-0.25, -0.2) is 0 Å². The molecule has 4 aromatic rings. The van der Waals surface area contributed by atoms with Crippen molar-refractivity contribution in [1.82, 2.24) is 0 Å². The molecule has 146 valence electrons. The highest BCUT2D eigenvalue weighted by molar-refractivity contribution is 5.92. The van der Waals surface area contributed by atoms with Crippen molar-refractivity contribution < 1.29 is 9.15 Å². The Balaban J connectivity index is 1.84. The molecule has 1 aromatic heterocycles. The van der Waals surface area contributed by atoms with Crippen LogP contribution in [0.5, 0.6) is 5.75 Å². The molecule has 5 rings (SSSR count). The number of rotatable bonds is 2. The van der Waals surface area contributed by atoms with Crippen molar-refractivity contribution in [2.45, 2.75) is 33.1 Å². The quantitative estimate of drug-likeness (QED) is 0.372. The molecule has 2 heterocycles. The average Bonchev–Trinajstić information content (AvgIpc) is 3.05. The predicted molar refractivity (Wildman–Crippen MR) is 119 cm³/mol. The van der Waals surface area contributed by atoms with Crippen LogP contribution in [0.2, 0.25) is 0 Å². The van der Waals surface area contributed by atoms with Crippen molar-refractivity contribution in [3.05, 3.63) is 82.9 Å². The van der Waals surface area contributed by atoms with Gasteiger partial charge in [0.2, 0.25) is 5.88 Å². The smallest absolute Gasteiger partial charge is 0.209 e. The topological polar surface area (TPSA) is 25.6 Å². The van der Waals surface area contributed by atoms with E-state index in [2.05, 4.69) is 67.3 Å². The highest BCUT2D eigenvalue weighted by Crippen LogP contribution is 2.47. The van der Waals surface area contributed by atoms with Crippen LogP contribution >= 0.6 is 0 Å². The van der Waals surface area contributed by atoms with Gasteiger partial charge < -0.3 is 9.15 Å². The summed E-state index contributed by atoms with van der Waals surface area (Å²) in [6.07, 6.45) is 3.14. The zero-order chi connectivity index (χ0) is 20.0. The molecule has 0 N–H and O–H groups in total. The minimum absolute atomic E-state index is 0.835. The molecule has 0 atom stereocenters. The third-order valence-corrected chi connectivity index (χ3v) is 5.80. The summed E-state index contributed by atoms with van der Waals surface area (Å²) in [4.78, 5) is 2.25. The first-order chi connectivity index (χ1) is 14.2. The summed E-state index contributed by atoms with van der Waals surface area (Å²) in [5.41, 5.74) is 8.26. The normalized spacial score (nSPS) is 13.6. The van der Waals surface area contributed by atoms with E-state index in [1.165, 1.54) is 27.6 Å². The lowest BCUT2D eigenvalue weighted by Crippen LogP contribution is -2.16. The molecule has 0 amide bonds. The van der Waals surface area contributed by atoms with Gasteiger partial charge >= 0.3 is 0 Å². The van der Waals surface area contributed by atoms with Gasteiger partial charge in [0, 0.05) is 10.9 Å². The fourth-order valence-corrected chi connectivity index (χ4v) is 4.42. The monoisotopic (exact) mass is 383 g/mol. The second-order valence-electron chi connectivity index (χ2n) is 7.88. The Labute approximate surface area is 171 Å². The van der Waals surface area contributed by atoms with E-state index in [0.717, 1.165) is 47.9 Å². The van der Waals surface area contributed by atoms with Crippen molar-refractivity contribution in [3.8, 4) is 5.75 Å². The van der Waals surface area contributed by atoms with E-state index in [9.17, 15) is 0 Å². The number of furan rings is 1. The fourth-order valence-electron chi connectivity index (χ4n) is 4.42. The number of ether oxygens (including phenoxy) is 1. The fraction of sp³-hybridized carbons (Fsp3) is 0.231. The molecule has 0 radical (unpaired) electrons. The van der Waals surface area contributed by atoms with Crippen LogP contribution in [0.15, 0.2) is 65.1 Å². The van der Waals surface area contributed by atoms with Gasteiger partial charge in [-0.1, -0.05) is 41.5 Å². The second kappa shape index (κ2) is 7.00. The average molecular weight is 383 g/mol. The molecule has 0 spiro atoms. The molecule has 29 heavy (non-hydrogen) atoms. The lowest BCUT2D eigenvalue weighted by Gasteiger charge is -2.29. The highest BCUT2D eigenvalue weighted by atomic mass is 16.5. The van der Waals surface area contributed by atoms with Gasteiger partial charge in [-0.15, -0.1) is 0 Å². The van der Waals surface area contributed by atoms with E-state index in [1.807, 2.05) is 12.1 Å². The van der Waals surface area contributed by atoms with Crippen molar-refractivity contribution in [3.63, 3.8) is 0 Å². The van der Waals surface area contributed by atoms with Crippen molar-refractivity contribution >= 4 is 28.2 Å². The van der Waals surface area contributed by atoms with Gasteiger partial charge in [-0.05, 0) is 69.0 Å². The molecule has 0 bridgehead atoms. The Hall–Kier alpha value is -3.20. The van der Waals surface area contributed by atoms with Gasteiger partial charge in [-0.3, -0.25) is 4.90 Å². The maximum Gasteiger partial charge on any atom is 0.209 e. The van der Waals surface area contributed by atoms with Gasteiger partial charge in [0.25, 0.3) is 0 Å². The molecule has 0 saturated carbocycles. The summed E-state index contributed by atoms with van der Waals surface area (Å²) < 4.78 is 12.2. The van der Waals surface area contributed by atoms with Crippen molar-refractivity contribution in [2.24, 2.45) is 0 Å². The highest BCUT2D eigenvalue weighted by Gasteiger charge is 2.28. The summed E-state index contributed by atoms with van der Waals surface area (Å²) >= 11 is 0. The first kappa shape index (κ1) is 17.9. The standard InChI is InChI=1S/C26H25NO2/c1-17-11-13-22-19(15-17)7-6-8-20-21-16-18(2)12-14-24(21)29-26(20)27(22)23-9-4-5-10-25(23)28-3/h4-5,9-16H,6-8H2,1-3H3. The molecule has 3 heteroatoms. The van der Waals surface area contributed by atoms with Gasteiger partial charge in [0.1, 0.15) is 11.3 Å². The molecule has 1 aliphatic rings. The Morgan fingerprint density at radius 2 is 1.66 bits per heavy atom. The van der Waals surface area contributed by atoms with Crippen LogP contribution in [0.4, 0.5) is 17.3 Å². The molecule has 3 aromatic carbocycles. The molecular weight excluding hydrogens is 358 g/mol. The van der Waals surface area contributed by atoms with E-state index in [4.69, 9.17) is 9.15 Å². The summed E-state index contributed by atoms with van der Waals surface area (Å²) in [7, 11) is 1.72. The summed E-state index contributed by atoms with van der Waals surface area (Å²) in [6, 6.07) is 21.3. The molecule has 0 saturated heterocycles. The Kier molecular flexibility index (Phi) is 4.31. The Bertz CT molecular complexity index is 1200. The van der Waals surface area contributed by atoms with Crippen LogP contribution in [-0.4, -0.2) is 7.11 Å². The van der Waals surface area contributed by atoms with Crippen molar-refractivity contribution in [2.75, 3.05) is 12.0 Å². The van der Waals surface area contributed by atoms with Gasteiger partial charge in [0.15, 0.2) is 0 Å². The Morgan fingerprint density at radius 3 is 2.52 bits per heavy atom. The zero-order valence-corrected chi connectivity index (χ0v) is 17.2. The minimum atomic E-state index is 0.835. The number of hydrogen-bond donors (Lipinski definition) is 0. The molecule has 0 unspecified atom stereocenters. The molecule has 1 aliphatic heterocycles. The Morgan fingerprint density at radius 1 is 0.862 bits per heavy atom. The van der Waals surface area contributed by atoms with E-state index < -0.39 is 0 Å². The number of methoxy groups -OCH3 is 1. The van der Waals surface area contributed by atoms with Crippen LogP contribution in [0.1, 0.15) is 28.7 Å². The van der Waals surface area contributed by atoms with Crippen LogP contribution in [0, 0.1) is 13.8 Å². The third kappa shape index (κ3) is 2.98. The first-order valence-electron chi connectivity index (χ1n) is 10.2. The summed E-state index contributed by atoms with van der Waals surface area (Å²) in [6.45, 7) is 4.29. The largest absolute Gasteiger partial charge is 0.495 e. The second-order valence-corrected chi connectivity index (χ2v) is 7.88. The van der Waals surface area contributed by atoms with E-state index >= 15 is 0 Å². The SMILES string of the molecule is COc1ccccc1N1c2ccc(C)cc2CCCc2c1oc1ccc(C)cc21. The zero-order valence-electron chi connectivity index (χ0n) is 17.2. The van der Waals surface area contributed by atoms with Crippen LogP contribution < -0.4 is 9.64 Å². The number of hydrogen-bond acceptors (Lipinski definition) is 3. The van der Waals surface area contributed by atoms with E-state index in [0.29, 0.717) is 0 Å². The summed E-state index contributed by atoms with van der Waals surface area (Å²) in [5.74, 6) is 1.74. The number of fused-ring (bicyclic) bond motifs is 4.